The second kappa shape index (κ2) is 6.82. The van der Waals surface area contributed by atoms with E-state index in [2.05, 4.69) is 15.6 Å². The van der Waals surface area contributed by atoms with Crippen LogP contribution in [0.4, 0.5) is 0 Å². The molecule has 23 heavy (non-hydrogen) atoms. The lowest BCUT2D eigenvalue weighted by Gasteiger charge is -2.16. The standard InChI is InChI=1S/C16H22N4O3/c1-3-21-8-12(1)5-17-6-13-7-20-15(11-23-9-13)16(18-19-20)14-2-4-22-10-14/h2,4,10,12-13,17H,1,3,5-9,11H2. The summed E-state index contributed by atoms with van der Waals surface area (Å²) in [5, 5.41) is 12.2. The Morgan fingerprint density at radius 1 is 1.22 bits per heavy atom. The van der Waals surface area contributed by atoms with Gasteiger partial charge in [-0.25, -0.2) is 4.68 Å². The van der Waals surface area contributed by atoms with Crippen LogP contribution in [0.1, 0.15) is 12.1 Å². The number of aromatic nitrogens is 3. The quantitative estimate of drug-likeness (QED) is 0.896. The van der Waals surface area contributed by atoms with Crippen molar-refractivity contribution in [2.24, 2.45) is 11.8 Å². The first-order valence-corrected chi connectivity index (χ1v) is 8.21. The monoisotopic (exact) mass is 318 g/mol. The highest BCUT2D eigenvalue weighted by Gasteiger charge is 2.23. The molecule has 4 heterocycles. The average Bonchev–Trinajstić information content (AvgIpc) is 3.28. The largest absolute Gasteiger partial charge is 0.472 e. The number of rotatable bonds is 5. The summed E-state index contributed by atoms with van der Waals surface area (Å²) in [7, 11) is 0. The predicted molar refractivity (Wildman–Crippen MR) is 82.7 cm³/mol. The second-order valence-corrected chi connectivity index (χ2v) is 6.35. The Morgan fingerprint density at radius 3 is 2.96 bits per heavy atom. The van der Waals surface area contributed by atoms with Gasteiger partial charge in [-0.3, -0.25) is 0 Å². The van der Waals surface area contributed by atoms with Crippen LogP contribution in [0, 0.1) is 11.8 Å². The molecule has 2 aromatic rings. The van der Waals surface area contributed by atoms with Gasteiger partial charge >= 0.3 is 0 Å². The van der Waals surface area contributed by atoms with Crippen LogP contribution in [0.3, 0.4) is 0 Å². The first-order chi connectivity index (χ1) is 11.4. The van der Waals surface area contributed by atoms with Crippen molar-refractivity contribution in [2.75, 3.05) is 32.9 Å². The molecule has 2 atom stereocenters. The number of ether oxygens (including phenoxy) is 2. The van der Waals surface area contributed by atoms with Crippen molar-refractivity contribution in [1.29, 1.82) is 0 Å². The van der Waals surface area contributed by atoms with Crippen LogP contribution in [-0.4, -0.2) is 47.9 Å². The number of fused-ring (bicyclic) bond motifs is 1. The van der Waals surface area contributed by atoms with E-state index in [4.69, 9.17) is 13.9 Å². The van der Waals surface area contributed by atoms with Crippen LogP contribution in [0.2, 0.25) is 0 Å². The van der Waals surface area contributed by atoms with Crippen molar-refractivity contribution in [3.63, 3.8) is 0 Å². The third kappa shape index (κ3) is 3.31. The zero-order valence-corrected chi connectivity index (χ0v) is 13.1. The Morgan fingerprint density at radius 2 is 2.13 bits per heavy atom. The molecule has 2 aliphatic rings. The Labute approximate surface area is 134 Å². The van der Waals surface area contributed by atoms with E-state index in [0.717, 1.165) is 62.8 Å². The second-order valence-electron chi connectivity index (χ2n) is 6.35. The van der Waals surface area contributed by atoms with E-state index in [1.807, 2.05) is 10.7 Å². The molecule has 0 aliphatic carbocycles. The summed E-state index contributed by atoms with van der Waals surface area (Å²) < 4.78 is 18.4. The van der Waals surface area contributed by atoms with Crippen LogP contribution >= 0.6 is 0 Å². The van der Waals surface area contributed by atoms with Gasteiger partial charge in [0.25, 0.3) is 0 Å². The molecule has 2 aromatic heterocycles. The maximum atomic E-state index is 5.86. The molecule has 7 nitrogen and oxygen atoms in total. The van der Waals surface area contributed by atoms with Gasteiger partial charge in [0.15, 0.2) is 0 Å². The number of furan rings is 1. The minimum atomic E-state index is 0.400. The van der Waals surface area contributed by atoms with Crippen molar-refractivity contribution >= 4 is 0 Å². The molecule has 4 rings (SSSR count). The zero-order chi connectivity index (χ0) is 15.5. The maximum Gasteiger partial charge on any atom is 0.121 e. The number of nitrogens with zero attached hydrogens (tertiary/aromatic N) is 3. The highest BCUT2D eigenvalue weighted by Crippen LogP contribution is 2.24. The Bertz CT molecular complexity index is 619. The highest BCUT2D eigenvalue weighted by molar-refractivity contribution is 5.59. The molecule has 2 unspecified atom stereocenters. The van der Waals surface area contributed by atoms with Gasteiger partial charge in [-0.15, -0.1) is 5.10 Å². The molecule has 0 amide bonds. The van der Waals surface area contributed by atoms with E-state index in [1.165, 1.54) is 0 Å². The summed E-state index contributed by atoms with van der Waals surface area (Å²) in [6.07, 6.45) is 4.51. The summed E-state index contributed by atoms with van der Waals surface area (Å²) in [4.78, 5) is 0. The molecule has 0 saturated carbocycles. The van der Waals surface area contributed by atoms with Crippen molar-refractivity contribution in [3.05, 3.63) is 24.3 Å². The zero-order valence-electron chi connectivity index (χ0n) is 13.1. The van der Waals surface area contributed by atoms with Crippen LogP contribution in [0.15, 0.2) is 23.0 Å². The van der Waals surface area contributed by atoms with Gasteiger partial charge in [0.2, 0.25) is 0 Å². The lowest BCUT2D eigenvalue weighted by atomic mass is 10.1. The minimum absolute atomic E-state index is 0.400. The first kappa shape index (κ1) is 14.9. The van der Waals surface area contributed by atoms with Crippen LogP contribution in [-0.2, 0) is 22.6 Å². The fraction of sp³-hybridized carbons (Fsp3) is 0.625. The van der Waals surface area contributed by atoms with Gasteiger partial charge in [-0.05, 0) is 18.4 Å². The van der Waals surface area contributed by atoms with Crippen molar-refractivity contribution in [3.8, 4) is 11.3 Å². The Hall–Kier alpha value is -1.70. The van der Waals surface area contributed by atoms with E-state index in [0.29, 0.717) is 18.4 Å². The van der Waals surface area contributed by atoms with E-state index in [9.17, 15) is 0 Å². The van der Waals surface area contributed by atoms with Crippen molar-refractivity contribution in [2.45, 2.75) is 19.6 Å². The van der Waals surface area contributed by atoms with Crippen LogP contribution < -0.4 is 5.32 Å². The molecule has 0 radical (unpaired) electrons. The minimum Gasteiger partial charge on any atom is -0.472 e. The van der Waals surface area contributed by atoms with Crippen molar-refractivity contribution < 1.29 is 13.9 Å². The molecule has 1 fully saturated rings. The highest BCUT2D eigenvalue weighted by atomic mass is 16.5. The Kier molecular flexibility index (Phi) is 4.41. The molecular weight excluding hydrogens is 296 g/mol. The van der Waals surface area contributed by atoms with Gasteiger partial charge in [-0.1, -0.05) is 5.21 Å². The first-order valence-electron chi connectivity index (χ1n) is 8.21. The summed E-state index contributed by atoms with van der Waals surface area (Å²) >= 11 is 0. The molecule has 2 aliphatic heterocycles. The molecule has 1 saturated heterocycles. The van der Waals surface area contributed by atoms with Crippen LogP contribution in [0.5, 0.6) is 0 Å². The predicted octanol–water partition coefficient (Wildman–Crippen LogP) is 1.31. The lowest BCUT2D eigenvalue weighted by Crippen LogP contribution is -2.32. The average molecular weight is 318 g/mol. The van der Waals surface area contributed by atoms with Gasteiger partial charge in [-0.2, -0.15) is 0 Å². The maximum absolute atomic E-state index is 5.86. The SMILES string of the molecule is c1cc(-c2nnn3c2COCC(CNCC2CCOC2)C3)co1. The van der Waals surface area contributed by atoms with E-state index in [-0.39, 0.29) is 0 Å². The smallest absolute Gasteiger partial charge is 0.121 e. The van der Waals surface area contributed by atoms with Crippen molar-refractivity contribution in [1.82, 2.24) is 20.3 Å². The molecule has 0 aromatic carbocycles. The fourth-order valence-electron chi connectivity index (χ4n) is 3.22. The summed E-state index contributed by atoms with van der Waals surface area (Å²) in [6.45, 7) is 5.84. The lowest BCUT2D eigenvalue weighted by molar-refractivity contribution is 0.0938. The summed E-state index contributed by atoms with van der Waals surface area (Å²) in [5.41, 5.74) is 2.83. The molecule has 1 N–H and O–H groups in total. The van der Waals surface area contributed by atoms with Gasteiger partial charge in [0.1, 0.15) is 5.69 Å². The summed E-state index contributed by atoms with van der Waals surface area (Å²) in [5.74, 6) is 1.05. The van der Waals surface area contributed by atoms with E-state index in [1.54, 1.807) is 12.5 Å². The molecule has 7 heteroatoms. The number of hydrogen-bond donors (Lipinski definition) is 1. The molecule has 0 spiro atoms. The van der Waals surface area contributed by atoms with E-state index >= 15 is 0 Å². The number of hydrogen-bond acceptors (Lipinski definition) is 6. The van der Waals surface area contributed by atoms with Crippen LogP contribution in [0.25, 0.3) is 11.3 Å². The fourth-order valence-corrected chi connectivity index (χ4v) is 3.22. The van der Waals surface area contributed by atoms with Gasteiger partial charge < -0.3 is 19.2 Å². The third-order valence-electron chi connectivity index (χ3n) is 4.55. The van der Waals surface area contributed by atoms with Gasteiger partial charge in [0.05, 0.1) is 38.0 Å². The Balaban J connectivity index is 1.37. The molecule has 124 valence electrons. The molecule has 0 bridgehead atoms. The number of nitrogens with one attached hydrogen (secondary N) is 1. The molecular formula is C16H22N4O3. The summed E-state index contributed by atoms with van der Waals surface area (Å²) in [6, 6.07) is 1.90. The third-order valence-corrected chi connectivity index (χ3v) is 4.55. The van der Waals surface area contributed by atoms with E-state index < -0.39 is 0 Å². The van der Waals surface area contributed by atoms with Gasteiger partial charge in [0, 0.05) is 37.7 Å². The topological polar surface area (TPSA) is 74.3 Å². The normalized spacial score (nSPS) is 24.5.